The lowest BCUT2D eigenvalue weighted by molar-refractivity contribution is 0.0571. The third-order valence-electron chi connectivity index (χ3n) is 3.83. The zero-order chi connectivity index (χ0) is 16.1. The second-order valence-corrected chi connectivity index (χ2v) is 6.58. The van der Waals surface area contributed by atoms with Crippen molar-refractivity contribution in [3.8, 4) is 11.3 Å². The first-order valence-electron chi connectivity index (χ1n) is 7.61. The molecule has 0 aliphatic heterocycles. The highest BCUT2D eigenvalue weighted by Gasteiger charge is 2.22. The average molecular weight is 324 g/mol. The summed E-state index contributed by atoms with van der Waals surface area (Å²) in [6, 6.07) is 16.2. The lowest BCUT2D eigenvalue weighted by Crippen LogP contribution is -2.34. The minimum absolute atomic E-state index is 0.511. The number of rotatable bonds is 6. The zero-order valence-electron chi connectivity index (χ0n) is 13.1. The van der Waals surface area contributed by atoms with E-state index in [9.17, 15) is 5.11 Å². The molecule has 0 radical (unpaired) electrons. The van der Waals surface area contributed by atoms with Crippen LogP contribution in [0.15, 0.2) is 65.5 Å². The maximum Gasteiger partial charge on any atom is 0.1000 e. The smallest absolute Gasteiger partial charge is 0.1000 e. The average Bonchev–Trinajstić information content (AvgIpc) is 3.11. The van der Waals surface area contributed by atoms with E-state index in [-0.39, 0.29) is 0 Å². The van der Waals surface area contributed by atoms with Gasteiger partial charge in [0.15, 0.2) is 0 Å². The molecule has 3 nitrogen and oxygen atoms in total. The molecular formula is C19H20N2OS. The summed E-state index contributed by atoms with van der Waals surface area (Å²) in [5.41, 5.74) is 3.36. The van der Waals surface area contributed by atoms with Gasteiger partial charge in [-0.05, 0) is 53.1 Å². The van der Waals surface area contributed by atoms with Crippen molar-refractivity contribution in [2.45, 2.75) is 19.1 Å². The molecule has 0 spiro atoms. The fourth-order valence-electron chi connectivity index (χ4n) is 2.50. The van der Waals surface area contributed by atoms with E-state index < -0.39 is 5.60 Å². The molecule has 23 heavy (non-hydrogen) atoms. The van der Waals surface area contributed by atoms with E-state index in [1.807, 2.05) is 48.0 Å². The van der Waals surface area contributed by atoms with Crippen molar-refractivity contribution in [3.63, 3.8) is 0 Å². The third-order valence-corrected chi connectivity index (χ3v) is 4.51. The predicted octanol–water partition coefficient (Wildman–Crippen LogP) is 3.81. The summed E-state index contributed by atoms with van der Waals surface area (Å²) in [7, 11) is 0. The second kappa shape index (κ2) is 7.04. The van der Waals surface area contributed by atoms with Crippen molar-refractivity contribution in [3.05, 3.63) is 76.6 Å². The molecule has 3 rings (SSSR count). The first-order valence-corrected chi connectivity index (χ1v) is 8.55. The molecule has 1 unspecified atom stereocenters. The molecule has 0 fully saturated rings. The summed E-state index contributed by atoms with van der Waals surface area (Å²) in [5, 5.41) is 17.8. The lowest BCUT2D eigenvalue weighted by atomic mass is 9.99. The fraction of sp³-hybridized carbons (Fsp3) is 0.211. The van der Waals surface area contributed by atoms with Crippen LogP contribution < -0.4 is 5.32 Å². The molecule has 2 heterocycles. The van der Waals surface area contributed by atoms with Gasteiger partial charge in [0.1, 0.15) is 0 Å². The van der Waals surface area contributed by atoms with E-state index in [1.54, 1.807) is 17.5 Å². The monoisotopic (exact) mass is 324 g/mol. The summed E-state index contributed by atoms with van der Waals surface area (Å²) in [6.45, 7) is 3.06. The number of nitrogens with one attached hydrogen (secondary N) is 1. The summed E-state index contributed by atoms with van der Waals surface area (Å²) in [6.07, 6.45) is 1.80. The van der Waals surface area contributed by atoms with Crippen LogP contribution >= 0.6 is 11.3 Å². The van der Waals surface area contributed by atoms with Crippen LogP contribution in [0.3, 0.4) is 0 Å². The maximum atomic E-state index is 10.5. The molecule has 4 heteroatoms. The number of aromatic nitrogens is 1. The van der Waals surface area contributed by atoms with E-state index in [4.69, 9.17) is 0 Å². The molecule has 0 aliphatic carbocycles. The van der Waals surface area contributed by atoms with Crippen LogP contribution in [0.5, 0.6) is 0 Å². The fourth-order valence-corrected chi connectivity index (χ4v) is 3.28. The topological polar surface area (TPSA) is 45.1 Å². The van der Waals surface area contributed by atoms with Gasteiger partial charge in [-0.25, -0.2) is 0 Å². The van der Waals surface area contributed by atoms with Crippen molar-refractivity contribution in [2.75, 3.05) is 6.54 Å². The molecule has 0 saturated heterocycles. The van der Waals surface area contributed by atoms with Crippen molar-refractivity contribution in [1.29, 1.82) is 0 Å². The maximum absolute atomic E-state index is 10.5. The molecule has 0 amide bonds. The lowest BCUT2D eigenvalue weighted by Gasteiger charge is -2.23. The number of hydrogen-bond acceptors (Lipinski definition) is 4. The second-order valence-electron chi connectivity index (χ2n) is 5.80. The van der Waals surface area contributed by atoms with Crippen molar-refractivity contribution in [1.82, 2.24) is 10.3 Å². The first-order chi connectivity index (χ1) is 11.1. The van der Waals surface area contributed by atoms with Crippen molar-refractivity contribution in [2.24, 2.45) is 0 Å². The van der Waals surface area contributed by atoms with Gasteiger partial charge in [0, 0.05) is 24.8 Å². The highest BCUT2D eigenvalue weighted by Crippen LogP contribution is 2.22. The molecule has 0 aliphatic rings. The molecule has 118 valence electrons. The Hall–Kier alpha value is -2.01. The summed E-state index contributed by atoms with van der Waals surface area (Å²) in [4.78, 5) is 4.38. The van der Waals surface area contributed by atoms with E-state index in [0.29, 0.717) is 13.1 Å². The van der Waals surface area contributed by atoms with Crippen LogP contribution in [0.1, 0.15) is 18.1 Å². The Balaban J connectivity index is 1.63. The van der Waals surface area contributed by atoms with E-state index >= 15 is 0 Å². The Morgan fingerprint density at radius 2 is 2.09 bits per heavy atom. The van der Waals surface area contributed by atoms with Gasteiger partial charge in [0.05, 0.1) is 11.3 Å². The molecule has 2 N–H and O–H groups in total. The van der Waals surface area contributed by atoms with Crippen LogP contribution in [0.2, 0.25) is 0 Å². The van der Waals surface area contributed by atoms with Gasteiger partial charge in [-0.2, -0.15) is 11.3 Å². The number of aliphatic hydroxyl groups is 1. The van der Waals surface area contributed by atoms with Crippen molar-refractivity contribution >= 4 is 11.3 Å². The standard InChI is InChI=1S/C19H20N2OS/c1-19(22,17-8-10-23-13-17)14-20-12-15-5-4-6-16(11-15)18-7-2-3-9-21-18/h2-11,13,20,22H,12,14H2,1H3. The Kier molecular flexibility index (Phi) is 4.86. The molecule has 0 saturated carbocycles. The molecule has 0 bridgehead atoms. The summed E-state index contributed by atoms with van der Waals surface area (Å²) >= 11 is 1.60. The molecular weight excluding hydrogens is 304 g/mol. The number of pyridine rings is 1. The minimum atomic E-state index is -0.849. The van der Waals surface area contributed by atoms with E-state index in [1.165, 1.54) is 5.56 Å². The molecule has 2 aromatic heterocycles. The number of benzene rings is 1. The minimum Gasteiger partial charge on any atom is -0.384 e. The van der Waals surface area contributed by atoms with Crippen LogP contribution in [-0.4, -0.2) is 16.6 Å². The Bertz CT molecular complexity index is 739. The Labute approximate surface area is 140 Å². The summed E-state index contributed by atoms with van der Waals surface area (Å²) < 4.78 is 0. The van der Waals surface area contributed by atoms with Gasteiger partial charge in [-0.1, -0.05) is 24.3 Å². The van der Waals surface area contributed by atoms with E-state index in [2.05, 4.69) is 28.5 Å². The molecule has 1 aromatic carbocycles. The van der Waals surface area contributed by atoms with Gasteiger partial charge in [-0.3, -0.25) is 4.98 Å². The summed E-state index contributed by atoms with van der Waals surface area (Å²) in [5.74, 6) is 0. The van der Waals surface area contributed by atoms with Crippen LogP contribution in [0, 0.1) is 0 Å². The van der Waals surface area contributed by atoms with Gasteiger partial charge >= 0.3 is 0 Å². The Morgan fingerprint density at radius 1 is 1.17 bits per heavy atom. The SMILES string of the molecule is CC(O)(CNCc1cccc(-c2ccccn2)c1)c1ccsc1. The normalized spacial score (nSPS) is 13.7. The van der Waals surface area contributed by atoms with E-state index in [0.717, 1.165) is 16.8 Å². The third kappa shape index (κ3) is 4.05. The van der Waals surface area contributed by atoms with Crippen molar-refractivity contribution < 1.29 is 5.11 Å². The number of nitrogens with zero attached hydrogens (tertiary/aromatic N) is 1. The van der Waals surface area contributed by atoms with Gasteiger partial charge in [0.25, 0.3) is 0 Å². The molecule has 3 aromatic rings. The highest BCUT2D eigenvalue weighted by atomic mass is 32.1. The Morgan fingerprint density at radius 3 is 2.83 bits per heavy atom. The number of hydrogen-bond donors (Lipinski definition) is 2. The molecule has 1 atom stereocenters. The largest absolute Gasteiger partial charge is 0.384 e. The van der Waals surface area contributed by atoms with Crippen LogP contribution in [-0.2, 0) is 12.1 Å². The van der Waals surface area contributed by atoms with Gasteiger partial charge in [0.2, 0.25) is 0 Å². The van der Waals surface area contributed by atoms with Crippen LogP contribution in [0.4, 0.5) is 0 Å². The van der Waals surface area contributed by atoms with Crippen LogP contribution in [0.25, 0.3) is 11.3 Å². The first kappa shape index (κ1) is 15.9. The highest BCUT2D eigenvalue weighted by molar-refractivity contribution is 7.08. The number of thiophene rings is 1. The van der Waals surface area contributed by atoms with Gasteiger partial charge < -0.3 is 10.4 Å². The van der Waals surface area contributed by atoms with Gasteiger partial charge in [-0.15, -0.1) is 0 Å². The zero-order valence-corrected chi connectivity index (χ0v) is 13.9. The quantitative estimate of drug-likeness (QED) is 0.725. The predicted molar refractivity (Wildman–Crippen MR) is 95.3 cm³/mol.